The summed E-state index contributed by atoms with van der Waals surface area (Å²) in [5.74, 6) is 5.84. The van der Waals surface area contributed by atoms with Gasteiger partial charge >= 0.3 is 0 Å². The molecular weight excluding hydrogens is 294 g/mol. The van der Waals surface area contributed by atoms with Gasteiger partial charge in [0.25, 0.3) is 0 Å². The number of ether oxygens (including phenoxy) is 1. The Morgan fingerprint density at radius 1 is 0.944 bits per heavy atom. The smallest absolute Gasteiger partial charge is 0.134 e. The first-order valence-corrected chi connectivity index (χ1v) is 6.35. The van der Waals surface area contributed by atoms with Crippen LogP contribution in [-0.4, -0.2) is 0 Å². The number of hydrogen-bond donors (Lipinski definition) is 1. The first-order valence-electron chi connectivity index (χ1n) is 5.56. The molecule has 0 aliphatic heterocycles. The highest BCUT2D eigenvalue weighted by Crippen LogP contribution is 2.27. The molecule has 0 saturated heterocycles. The summed E-state index contributed by atoms with van der Waals surface area (Å²) < 4.78 is 6.63. The van der Waals surface area contributed by atoms with Gasteiger partial charge in [0.1, 0.15) is 12.4 Å². The molecule has 4 heteroatoms. The van der Waals surface area contributed by atoms with Crippen LogP contribution in [0.1, 0.15) is 11.1 Å². The van der Waals surface area contributed by atoms with Crippen LogP contribution < -0.4 is 10.6 Å². The van der Waals surface area contributed by atoms with Crippen molar-refractivity contribution in [2.24, 2.45) is 5.90 Å². The first kappa shape index (κ1) is 13.1. The van der Waals surface area contributed by atoms with E-state index in [9.17, 15) is 0 Å². The Morgan fingerprint density at radius 3 is 2.39 bits per heavy atom. The van der Waals surface area contributed by atoms with Crippen molar-refractivity contribution in [2.75, 3.05) is 0 Å². The lowest BCUT2D eigenvalue weighted by molar-refractivity contribution is 0.124. The van der Waals surface area contributed by atoms with Crippen LogP contribution in [0, 0.1) is 0 Å². The minimum absolute atomic E-state index is 0.386. The summed E-state index contributed by atoms with van der Waals surface area (Å²) >= 11 is 3.47. The second-order valence-electron chi connectivity index (χ2n) is 3.85. The van der Waals surface area contributed by atoms with Gasteiger partial charge in [-0.3, -0.25) is 4.84 Å². The molecule has 0 unspecified atom stereocenters. The van der Waals surface area contributed by atoms with E-state index in [-0.39, 0.29) is 0 Å². The second-order valence-corrected chi connectivity index (χ2v) is 4.70. The minimum atomic E-state index is 0.386. The molecule has 0 aromatic heterocycles. The second kappa shape index (κ2) is 6.54. The van der Waals surface area contributed by atoms with E-state index in [4.69, 9.17) is 10.6 Å². The van der Waals surface area contributed by atoms with Gasteiger partial charge < -0.3 is 4.74 Å². The molecule has 2 aromatic carbocycles. The predicted octanol–water partition coefficient (Wildman–Crippen LogP) is 3.42. The van der Waals surface area contributed by atoms with Gasteiger partial charge in [-0.05, 0) is 39.2 Å². The van der Waals surface area contributed by atoms with Crippen LogP contribution in [0.15, 0.2) is 53.0 Å². The van der Waals surface area contributed by atoms with E-state index in [0.717, 1.165) is 21.3 Å². The Balaban J connectivity index is 2.01. The number of hydrogen-bond acceptors (Lipinski definition) is 3. The molecule has 0 spiro atoms. The molecule has 94 valence electrons. The molecule has 2 rings (SSSR count). The summed E-state index contributed by atoms with van der Waals surface area (Å²) in [6, 6.07) is 15.8. The number of halogens is 1. The first-order chi connectivity index (χ1) is 8.79. The van der Waals surface area contributed by atoms with Crippen molar-refractivity contribution in [1.82, 2.24) is 0 Å². The van der Waals surface area contributed by atoms with E-state index in [0.29, 0.717) is 13.2 Å². The zero-order valence-electron chi connectivity index (χ0n) is 9.80. The third-order valence-corrected chi connectivity index (χ3v) is 3.10. The van der Waals surface area contributed by atoms with Crippen molar-refractivity contribution in [1.29, 1.82) is 0 Å². The van der Waals surface area contributed by atoms with Gasteiger partial charge in [0.2, 0.25) is 0 Å². The van der Waals surface area contributed by atoms with Crippen molar-refractivity contribution >= 4 is 15.9 Å². The number of rotatable bonds is 5. The van der Waals surface area contributed by atoms with Crippen molar-refractivity contribution in [2.45, 2.75) is 13.2 Å². The summed E-state index contributed by atoms with van der Waals surface area (Å²) in [6.45, 7) is 0.934. The van der Waals surface area contributed by atoms with E-state index in [2.05, 4.69) is 20.8 Å². The fraction of sp³-hybridized carbons (Fsp3) is 0.143. The summed E-state index contributed by atoms with van der Waals surface area (Å²) in [6.07, 6.45) is 0. The number of benzene rings is 2. The highest BCUT2D eigenvalue weighted by molar-refractivity contribution is 9.10. The van der Waals surface area contributed by atoms with E-state index in [1.165, 1.54) is 0 Å². The molecule has 0 aliphatic rings. The van der Waals surface area contributed by atoms with E-state index >= 15 is 0 Å². The van der Waals surface area contributed by atoms with Crippen LogP contribution in [0.25, 0.3) is 0 Å². The lowest BCUT2D eigenvalue weighted by atomic mass is 10.2. The Labute approximate surface area is 115 Å². The van der Waals surface area contributed by atoms with Gasteiger partial charge in [-0.25, -0.2) is 5.90 Å². The molecule has 2 aromatic rings. The Kier molecular flexibility index (Phi) is 4.75. The Hall–Kier alpha value is -1.36. The molecule has 0 saturated carbocycles. The average Bonchev–Trinajstić information content (AvgIpc) is 2.39. The minimum Gasteiger partial charge on any atom is -0.488 e. The fourth-order valence-electron chi connectivity index (χ4n) is 1.58. The van der Waals surface area contributed by atoms with Crippen LogP contribution in [0.4, 0.5) is 0 Å². The predicted molar refractivity (Wildman–Crippen MR) is 73.9 cm³/mol. The summed E-state index contributed by atoms with van der Waals surface area (Å²) in [4.78, 5) is 4.59. The van der Waals surface area contributed by atoms with Crippen molar-refractivity contribution in [3.8, 4) is 5.75 Å². The van der Waals surface area contributed by atoms with Crippen LogP contribution in [0.5, 0.6) is 5.75 Å². The molecular formula is C14H14BrNO2. The van der Waals surface area contributed by atoms with E-state index < -0.39 is 0 Å². The maximum Gasteiger partial charge on any atom is 0.134 e. The highest BCUT2D eigenvalue weighted by Gasteiger charge is 2.03. The van der Waals surface area contributed by atoms with Gasteiger partial charge in [0.15, 0.2) is 0 Å². The molecule has 0 amide bonds. The van der Waals surface area contributed by atoms with Gasteiger partial charge in [0.05, 0.1) is 11.1 Å². The van der Waals surface area contributed by atoms with Crippen LogP contribution in [0.3, 0.4) is 0 Å². The van der Waals surface area contributed by atoms with Crippen molar-refractivity contribution in [3.63, 3.8) is 0 Å². The molecule has 0 radical (unpaired) electrons. The third-order valence-electron chi connectivity index (χ3n) is 2.48. The lowest BCUT2D eigenvalue weighted by Gasteiger charge is -2.09. The molecule has 0 fully saturated rings. The largest absolute Gasteiger partial charge is 0.488 e. The maximum atomic E-state index is 5.74. The average molecular weight is 308 g/mol. The molecule has 3 nitrogen and oxygen atoms in total. The molecule has 0 bridgehead atoms. The highest BCUT2D eigenvalue weighted by atomic mass is 79.9. The molecule has 0 aliphatic carbocycles. The van der Waals surface area contributed by atoms with Crippen molar-refractivity contribution in [3.05, 3.63) is 64.1 Å². The molecule has 0 heterocycles. The van der Waals surface area contributed by atoms with Gasteiger partial charge in [-0.1, -0.05) is 36.4 Å². The Bertz CT molecular complexity index is 502. The van der Waals surface area contributed by atoms with Crippen LogP contribution in [0.2, 0.25) is 0 Å². The van der Waals surface area contributed by atoms with Gasteiger partial charge in [-0.15, -0.1) is 0 Å². The van der Waals surface area contributed by atoms with Gasteiger partial charge in [0, 0.05) is 0 Å². The normalized spacial score (nSPS) is 10.3. The van der Waals surface area contributed by atoms with Crippen LogP contribution >= 0.6 is 15.9 Å². The quantitative estimate of drug-likeness (QED) is 0.861. The third kappa shape index (κ3) is 3.57. The summed E-state index contributed by atoms with van der Waals surface area (Å²) in [5.41, 5.74) is 2.13. The van der Waals surface area contributed by atoms with E-state index in [1.807, 2.05) is 48.5 Å². The molecule has 18 heavy (non-hydrogen) atoms. The van der Waals surface area contributed by atoms with Crippen molar-refractivity contribution < 1.29 is 9.57 Å². The van der Waals surface area contributed by atoms with E-state index in [1.54, 1.807) is 0 Å². The van der Waals surface area contributed by atoms with Crippen LogP contribution in [-0.2, 0) is 18.1 Å². The summed E-state index contributed by atoms with van der Waals surface area (Å²) in [5, 5.41) is 0. The Morgan fingerprint density at radius 2 is 1.72 bits per heavy atom. The number of nitrogens with two attached hydrogens (primary N) is 1. The lowest BCUT2D eigenvalue weighted by Crippen LogP contribution is -2.00. The summed E-state index contributed by atoms with van der Waals surface area (Å²) in [7, 11) is 0. The van der Waals surface area contributed by atoms with Gasteiger partial charge in [-0.2, -0.15) is 0 Å². The standard InChI is InChI=1S/C14H14BrNO2/c15-13-8-12(10-18-16)6-7-14(13)17-9-11-4-2-1-3-5-11/h1-8H,9-10,16H2. The topological polar surface area (TPSA) is 44.5 Å². The molecule has 0 atom stereocenters. The maximum absolute atomic E-state index is 5.74. The zero-order valence-corrected chi connectivity index (χ0v) is 11.4. The zero-order chi connectivity index (χ0) is 12.8. The monoisotopic (exact) mass is 307 g/mol. The fourth-order valence-corrected chi connectivity index (χ4v) is 2.12. The molecule has 2 N–H and O–H groups in total. The SMILES string of the molecule is NOCc1ccc(OCc2ccccc2)c(Br)c1.